The first kappa shape index (κ1) is 9.62. The van der Waals surface area contributed by atoms with Crippen molar-refractivity contribution in [2.75, 3.05) is 14.2 Å². The number of hydrogen-bond acceptors (Lipinski definition) is 3. The van der Waals surface area contributed by atoms with Crippen LogP contribution in [0, 0.1) is 0 Å². The molecule has 0 bridgehead atoms. The zero-order valence-electron chi connectivity index (χ0n) is 8.34. The first-order chi connectivity index (χ1) is 6.07. The summed E-state index contributed by atoms with van der Waals surface area (Å²) in [7, 11) is 3.39. The fourth-order valence-corrected chi connectivity index (χ4v) is 1.42. The molecule has 1 aliphatic rings. The minimum Gasteiger partial charge on any atom is -0.489 e. The summed E-state index contributed by atoms with van der Waals surface area (Å²) in [5.74, 6) is 0.663. The highest BCUT2D eigenvalue weighted by Gasteiger charge is 2.17. The Morgan fingerprint density at radius 1 is 1.62 bits per heavy atom. The fourth-order valence-electron chi connectivity index (χ4n) is 1.42. The fraction of sp³-hybridized carbons (Fsp3) is 0.400. The topological polar surface area (TPSA) is 29.5 Å². The van der Waals surface area contributed by atoms with E-state index in [-0.39, 0.29) is 5.78 Å². The van der Waals surface area contributed by atoms with Crippen LogP contribution < -0.4 is 0 Å². The van der Waals surface area contributed by atoms with Crippen molar-refractivity contribution >= 4 is 5.78 Å². The average molecular weight is 179 g/mol. The summed E-state index contributed by atoms with van der Waals surface area (Å²) in [5, 5.41) is 0. The van der Waals surface area contributed by atoms with E-state index in [1.54, 1.807) is 25.1 Å². The lowest BCUT2D eigenvalue weighted by Crippen LogP contribution is -2.20. The average Bonchev–Trinajstić information content (AvgIpc) is 2.04. The molecule has 1 aliphatic heterocycles. The van der Waals surface area contributed by atoms with E-state index in [0.717, 1.165) is 5.57 Å². The number of Topliss-reactive ketones (excluding diaryl/α,β-unsaturated/α-hetero) is 1. The summed E-state index contributed by atoms with van der Waals surface area (Å²) >= 11 is 0. The molecule has 3 heteroatoms. The third-order valence-corrected chi connectivity index (χ3v) is 1.98. The number of methoxy groups -OCH3 is 1. The van der Waals surface area contributed by atoms with Gasteiger partial charge in [0, 0.05) is 19.5 Å². The molecule has 13 heavy (non-hydrogen) atoms. The predicted molar refractivity (Wildman–Crippen MR) is 49.7 cm³/mol. The van der Waals surface area contributed by atoms with Gasteiger partial charge in [0.15, 0.2) is 11.5 Å². The maximum atomic E-state index is 11.3. The van der Waals surface area contributed by atoms with Crippen molar-refractivity contribution in [2.45, 2.75) is 13.8 Å². The minimum atomic E-state index is 0.0345. The Kier molecular flexibility index (Phi) is 2.59. The van der Waals surface area contributed by atoms with Gasteiger partial charge in [0.05, 0.1) is 19.0 Å². The van der Waals surface area contributed by atoms with Crippen molar-refractivity contribution in [2.24, 2.45) is 0 Å². The molecule has 1 heterocycles. The van der Waals surface area contributed by atoms with Gasteiger partial charge in [0.1, 0.15) is 0 Å². The van der Waals surface area contributed by atoms with Crippen molar-refractivity contribution in [3.8, 4) is 0 Å². The van der Waals surface area contributed by atoms with Crippen molar-refractivity contribution in [3.63, 3.8) is 0 Å². The standard InChI is InChI=1S/C10H13NO2/c1-7-9(13-4)5-6-11(3)10(7)8(2)12/h6H,1-4H3. The molecular weight excluding hydrogens is 166 g/mol. The number of carbonyl (C=O) groups excluding carboxylic acids is 1. The zero-order chi connectivity index (χ0) is 10.0. The van der Waals surface area contributed by atoms with E-state index in [1.807, 2.05) is 14.0 Å². The van der Waals surface area contributed by atoms with E-state index in [0.29, 0.717) is 11.5 Å². The summed E-state index contributed by atoms with van der Waals surface area (Å²) in [6, 6.07) is 0. The second kappa shape index (κ2) is 3.50. The van der Waals surface area contributed by atoms with E-state index in [1.165, 1.54) is 0 Å². The number of allylic oxidation sites excluding steroid dienone is 2. The smallest absolute Gasteiger partial charge is 0.176 e. The molecule has 0 fully saturated rings. The molecule has 3 nitrogen and oxygen atoms in total. The summed E-state index contributed by atoms with van der Waals surface area (Å²) in [4.78, 5) is 13.0. The van der Waals surface area contributed by atoms with E-state index >= 15 is 0 Å². The number of hydrogen-bond donors (Lipinski definition) is 0. The molecule has 1 rings (SSSR count). The lowest BCUT2D eigenvalue weighted by atomic mass is 10.1. The lowest BCUT2D eigenvalue weighted by molar-refractivity contribution is -0.114. The molecule has 0 saturated heterocycles. The Morgan fingerprint density at radius 2 is 2.23 bits per heavy atom. The Balaban J connectivity index is 3.21. The maximum absolute atomic E-state index is 11.3. The number of likely N-dealkylation sites (N-methyl/N-ethyl adjacent to an activating group) is 1. The van der Waals surface area contributed by atoms with Gasteiger partial charge in [-0.2, -0.15) is 0 Å². The van der Waals surface area contributed by atoms with Crippen LogP contribution >= 0.6 is 0 Å². The van der Waals surface area contributed by atoms with Crippen LogP contribution in [0.2, 0.25) is 0 Å². The molecule has 0 spiro atoms. The molecule has 0 unspecified atom stereocenters. The van der Waals surface area contributed by atoms with Gasteiger partial charge in [-0.25, -0.2) is 0 Å². The van der Waals surface area contributed by atoms with Crippen LogP contribution in [0.15, 0.2) is 29.0 Å². The van der Waals surface area contributed by atoms with Gasteiger partial charge in [0.25, 0.3) is 0 Å². The molecular formula is C10H13NO2. The van der Waals surface area contributed by atoms with Crippen LogP contribution in [0.3, 0.4) is 0 Å². The Hall–Kier alpha value is -1.47. The first-order valence-electron chi connectivity index (χ1n) is 4.03. The highest BCUT2D eigenvalue weighted by Crippen LogP contribution is 2.21. The Labute approximate surface area is 78.0 Å². The minimum absolute atomic E-state index is 0.0345. The highest BCUT2D eigenvalue weighted by atomic mass is 16.5. The SMILES string of the molecule is COC1=C=CN(C)C(C(C)=O)=C1C. The van der Waals surface area contributed by atoms with Gasteiger partial charge >= 0.3 is 0 Å². The number of ketones is 1. The number of nitrogens with zero attached hydrogens (tertiary/aromatic N) is 1. The molecule has 0 aromatic heterocycles. The normalized spacial score (nSPS) is 16.0. The van der Waals surface area contributed by atoms with E-state index in [2.05, 4.69) is 5.73 Å². The third kappa shape index (κ3) is 1.65. The van der Waals surface area contributed by atoms with Crippen LogP contribution in [0.5, 0.6) is 0 Å². The molecule has 70 valence electrons. The van der Waals surface area contributed by atoms with Gasteiger partial charge in [-0.1, -0.05) is 5.73 Å². The number of rotatable bonds is 2. The Bertz CT molecular complexity index is 333. The maximum Gasteiger partial charge on any atom is 0.176 e. The molecule has 0 radical (unpaired) electrons. The summed E-state index contributed by atoms with van der Waals surface area (Å²) in [6.07, 6.45) is 1.70. The van der Waals surface area contributed by atoms with Gasteiger partial charge in [0.2, 0.25) is 0 Å². The van der Waals surface area contributed by atoms with E-state index in [9.17, 15) is 4.79 Å². The first-order valence-corrected chi connectivity index (χ1v) is 4.03. The number of carbonyl (C=O) groups is 1. The molecule has 0 aromatic rings. The van der Waals surface area contributed by atoms with Gasteiger partial charge in [-0.15, -0.1) is 0 Å². The van der Waals surface area contributed by atoms with Gasteiger partial charge in [-0.3, -0.25) is 4.79 Å². The second-order valence-electron chi connectivity index (χ2n) is 2.95. The predicted octanol–water partition coefficient (Wildman–Crippen LogP) is 1.44. The molecule has 0 amide bonds. The monoisotopic (exact) mass is 179 g/mol. The summed E-state index contributed by atoms with van der Waals surface area (Å²) in [6.45, 7) is 3.40. The largest absolute Gasteiger partial charge is 0.489 e. The molecule has 0 saturated carbocycles. The van der Waals surface area contributed by atoms with E-state index in [4.69, 9.17) is 4.74 Å². The van der Waals surface area contributed by atoms with Gasteiger partial charge < -0.3 is 9.64 Å². The number of ether oxygens (including phenoxy) is 1. The Morgan fingerprint density at radius 3 is 2.69 bits per heavy atom. The van der Waals surface area contributed by atoms with Crippen LogP contribution in [-0.4, -0.2) is 24.8 Å². The van der Waals surface area contributed by atoms with Crippen LogP contribution in [0.1, 0.15) is 13.8 Å². The van der Waals surface area contributed by atoms with Crippen molar-refractivity contribution in [1.29, 1.82) is 0 Å². The zero-order valence-corrected chi connectivity index (χ0v) is 8.34. The van der Waals surface area contributed by atoms with Crippen molar-refractivity contribution in [1.82, 2.24) is 4.90 Å². The molecule has 0 N–H and O–H groups in total. The molecule has 0 aromatic carbocycles. The van der Waals surface area contributed by atoms with Gasteiger partial charge in [-0.05, 0) is 6.92 Å². The summed E-state index contributed by atoms with van der Waals surface area (Å²) in [5.41, 5.74) is 4.43. The van der Waals surface area contributed by atoms with E-state index < -0.39 is 0 Å². The second-order valence-corrected chi connectivity index (χ2v) is 2.95. The van der Waals surface area contributed by atoms with Crippen LogP contribution in [0.4, 0.5) is 0 Å². The molecule has 0 atom stereocenters. The highest BCUT2D eigenvalue weighted by molar-refractivity contribution is 5.94. The summed E-state index contributed by atoms with van der Waals surface area (Å²) < 4.78 is 5.07. The van der Waals surface area contributed by atoms with Crippen molar-refractivity contribution in [3.05, 3.63) is 29.0 Å². The quantitative estimate of drug-likeness (QED) is 0.601. The molecule has 0 aliphatic carbocycles. The lowest BCUT2D eigenvalue weighted by Gasteiger charge is -2.21. The van der Waals surface area contributed by atoms with Crippen LogP contribution in [0.25, 0.3) is 0 Å². The van der Waals surface area contributed by atoms with Crippen LogP contribution in [-0.2, 0) is 9.53 Å². The van der Waals surface area contributed by atoms with Crippen molar-refractivity contribution < 1.29 is 9.53 Å². The third-order valence-electron chi connectivity index (χ3n) is 1.98.